The van der Waals surface area contributed by atoms with Gasteiger partial charge in [0.15, 0.2) is 5.69 Å². The van der Waals surface area contributed by atoms with E-state index < -0.39 is 17.2 Å². The van der Waals surface area contributed by atoms with Crippen LogP contribution >= 0.6 is 0 Å². The van der Waals surface area contributed by atoms with E-state index in [0.717, 1.165) is 25.7 Å². The smallest absolute Gasteiger partial charge is 0.275 e. The quantitative estimate of drug-likeness (QED) is 0.793. The molecule has 24 heavy (non-hydrogen) atoms. The summed E-state index contributed by atoms with van der Waals surface area (Å²) in [5, 5.41) is 6.77. The molecule has 0 aliphatic heterocycles. The maximum absolute atomic E-state index is 14.0. The van der Waals surface area contributed by atoms with Crippen LogP contribution in [0.3, 0.4) is 0 Å². The summed E-state index contributed by atoms with van der Waals surface area (Å²) in [6.07, 6.45) is 4.10. The van der Waals surface area contributed by atoms with Crippen molar-refractivity contribution < 1.29 is 9.18 Å². The van der Waals surface area contributed by atoms with Crippen molar-refractivity contribution in [3.63, 3.8) is 0 Å². The van der Waals surface area contributed by atoms with E-state index in [1.807, 2.05) is 0 Å². The lowest BCUT2D eigenvalue weighted by atomic mass is 10.2. The number of rotatable bonds is 7. The third kappa shape index (κ3) is 4.28. The highest BCUT2D eigenvalue weighted by molar-refractivity contribution is 5.92. The fourth-order valence-electron chi connectivity index (χ4n) is 2.41. The van der Waals surface area contributed by atoms with Crippen LogP contribution in [0, 0.1) is 12.7 Å². The molecule has 0 bridgehead atoms. The van der Waals surface area contributed by atoms with Crippen molar-refractivity contribution in [2.45, 2.75) is 39.5 Å². The van der Waals surface area contributed by atoms with Gasteiger partial charge in [-0.3, -0.25) is 9.59 Å². The summed E-state index contributed by atoms with van der Waals surface area (Å²) in [7, 11) is 0. The van der Waals surface area contributed by atoms with E-state index in [4.69, 9.17) is 0 Å². The maximum atomic E-state index is 14.0. The molecule has 0 radical (unpaired) electrons. The Labute approximate surface area is 140 Å². The normalized spacial score (nSPS) is 10.6. The summed E-state index contributed by atoms with van der Waals surface area (Å²) < 4.78 is 15.3. The molecule has 0 saturated heterocycles. The average Bonchev–Trinajstić information content (AvgIpc) is 2.55. The molecule has 2 rings (SSSR count). The minimum Gasteiger partial charge on any atom is -0.351 e. The van der Waals surface area contributed by atoms with Gasteiger partial charge in [0.1, 0.15) is 11.5 Å². The summed E-state index contributed by atoms with van der Waals surface area (Å²) in [5.74, 6) is -0.996. The summed E-state index contributed by atoms with van der Waals surface area (Å²) in [6.45, 7) is 4.25. The largest absolute Gasteiger partial charge is 0.351 e. The van der Waals surface area contributed by atoms with Crippen LogP contribution in [0.25, 0.3) is 5.69 Å². The summed E-state index contributed by atoms with van der Waals surface area (Å²) >= 11 is 0. The van der Waals surface area contributed by atoms with E-state index in [1.165, 1.54) is 16.8 Å². The van der Waals surface area contributed by atoms with Crippen LogP contribution in [0.4, 0.5) is 4.39 Å². The number of para-hydroxylation sites is 1. The van der Waals surface area contributed by atoms with Crippen molar-refractivity contribution in [1.82, 2.24) is 15.1 Å². The molecule has 1 N–H and O–H groups in total. The summed E-state index contributed by atoms with van der Waals surface area (Å²) in [5.41, 5.74) is -0.0258. The van der Waals surface area contributed by atoms with Crippen LogP contribution in [0.2, 0.25) is 0 Å². The fraction of sp³-hybridized carbons (Fsp3) is 0.389. The van der Waals surface area contributed by atoms with Crippen LogP contribution in [0.15, 0.2) is 35.1 Å². The number of carbonyl (C=O) groups is 1. The van der Waals surface area contributed by atoms with Crippen molar-refractivity contribution in [1.29, 1.82) is 0 Å². The molecule has 0 aliphatic rings. The topological polar surface area (TPSA) is 64.0 Å². The summed E-state index contributed by atoms with van der Waals surface area (Å²) in [4.78, 5) is 24.3. The van der Waals surface area contributed by atoms with Gasteiger partial charge in [-0.15, -0.1) is 0 Å². The van der Waals surface area contributed by atoms with E-state index in [1.54, 1.807) is 25.1 Å². The number of carbonyl (C=O) groups excluding carboxylic acids is 1. The zero-order chi connectivity index (χ0) is 17.5. The molecule has 1 amide bonds. The van der Waals surface area contributed by atoms with Crippen molar-refractivity contribution >= 4 is 5.91 Å². The molecular weight excluding hydrogens is 309 g/mol. The van der Waals surface area contributed by atoms with Crippen molar-refractivity contribution in [2.75, 3.05) is 6.54 Å². The van der Waals surface area contributed by atoms with Crippen molar-refractivity contribution in [2.24, 2.45) is 0 Å². The number of unbranched alkanes of at least 4 members (excludes halogenated alkanes) is 3. The first-order chi connectivity index (χ1) is 11.5. The van der Waals surface area contributed by atoms with Crippen LogP contribution in [-0.2, 0) is 0 Å². The minimum atomic E-state index is -0.526. The second-order valence-electron chi connectivity index (χ2n) is 5.68. The van der Waals surface area contributed by atoms with E-state index in [2.05, 4.69) is 17.3 Å². The van der Waals surface area contributed by atoms with Crippen LogP contribution in [0.1, 0.15) is 48.8 Å². The minimum absolute atomic E-state index is 0.201. The third-order valence-corrected chi connectivity index (χ3v) is 3.72. The zero-order valence-corrected chi connectivity index (χ0v) is 14.0. The molecular formula is C18H22FN3O2. The molecule has 1 heterocycles. The zero-order valence-electron chi connectivity index (χ0n) is 14.0. The molecule has 128 valence electrons. The van der Waals surface area contributed by atoms with E-state index in [-0.39, 0.29) is 11.4 Å². The monoisotopic (exact) mass is 331 g/mol. The van der Waals surface area contributed by atoms with Crippen molar-refractivity contribution in [3.05, 3.63) is 57.8 Å². The number of hydrogen-bond acceptors (Lipinski definition) is 3. The first-order valence-electron chi connectivity index (χ1n) is 8.18. The molecule has 0 saturated carbocycles. The molecule has 0 fully saturated rings. The number of nitrogens with one attached hydrogen (secondary N) is 1. The third-order valence-electron chi connectivity index (χ3n) is 3.72. The van der Waals surface area contributed by atoms with Gasteiger partial charge < -0.3 is 5.32 Å². The highest BCUT2D eigenvalue weighted by atomic mass is 19.1. The average molecular weight is 331 g/mol. The molecule has 5 nitrogen and oxygen atoms in total. The standard InChI is InChI=1S/C18H22FN3O2/c1-3-4-5-8-11-20-18(24)17-16(23)12-13(2)22(21-17)15-10-7-6-9-14(15)19/h6-7,9-10,12H,3-5,8,11H2,1-2H3,(H,20,24). The van der Waals surface area contributed by atoms with Gasteiger partial charge in [-0.1, -0.05) is 38.3 Å². The van der Waals surface area contributed by atoms with Gasteiger partial charge in [0.25, 0.3) is 5.91 Å². The van der Waals surface area contributed by atoms with E-state index in [0.29, 0.717) is 12.2 Å². The Kier molecular flexibility index (Phi) is 6.23. The van der Waals surface area contributed by atoms with Gasteiger partial charge in [-0.25, -0.2) is 9.07 Å². The maximum Gasteiger partial charge on any atom is 0.275 e. The second-order valence-corrected chi connectivity index (χ2v) is 5.68. The van der Waals surface area contributed by atoms with Gasteiger partial charge in [0, 0.05) is 18.3 Å². The number of nitrogens with zero attached hydrogens (tertiary/aromatic N) is 2. The Morgan fingerprint density at radius 1 is 1.25 bits per heavy atom. The van der Waals surface area contributed by atoms with E-state index in [9.17, 15) is 14.0 Å². The Morgan fingerprint density at radius 3 is 2.71 bits per heavy atom. The first-order valence-corrected chi connectivity index (χ1v) is 8.18. The molecule has 0 unspecified atom stereocenters. The predicted octanol–water partition coefficient (Wildman–Crippen LogP) is 2.99. The second kappa shape index (κ2) is 8.38. The number of benzene rings is 1. The number of hydrogen-bond donors (Lipinski definition) is 1. The molecule has 0 spiro atoms. The molecule has 0 aliphatic carbocycles. The summed E-state index contributed by atoms with van der Waals surface area (Å²) in [6, 6.07) is 7.39. The molecule has 2 aromatic rings. The molecule has 6 heteroatoms. The van der Waals surface area contributed by atoms with Gasteiger partial charge in [-0.2, -0.15) is 5.10 Å². The SMILES string of the molecule is CCCCCCNC(=O)c1nn(-c2ccccc2F)c(C)cc1=O. The lowest BCUT2D eigenvalue weighted by Crippen LogP contribution is -2.32. The fourth-order valence-corrected chi connectivity index (χ4v) is 2.41. The Hall–Kier alpha value is -2.50. The van der Waals surface area contributed by atoms with Crippen LogP contribution in [-0.4, -0.2) is 22.2 Å². The van der Waals surface area contributed by atoms with Crippen LogP contribution in [0.5, 0.6) is 0 Å². The van der Waals surface area contributed by atoms with E-state index >= 15 is 0 Å². The Balaban J connectivity index is 2.22. The lowest BCUT2D eigenvalue weighted by molar-refractivity contribution is 0.0945. The van der Waals surface area contributed by atoms with Gasteiger partial charge >= 0.3 is 0 Å². The molecule has 1 aromatic carbocycles. The first kappa shape index (κ1) is 17.8. The lowest BCUT2D eigenvalue weighted by Gasteiger charge is -2.12. The highest BCUT2D eigenvalue weighted by Crippen LogP contribution is 2.13. The van der Waals surface area contributed by atoms with Gasteiger partial charge in [0.05, 0.1) is 0 Å². The number of halogens is 1. The Morgan fingerprint density at radius 2 is 2.00 bits per heavy atom. The predicted molar refractivity (Wildman–Crippen MR) is 91.0 cm³/mol. The van der Waals surface area contributed by atoms with Gasteiger partial charge in [-0.05, 0) is 25.5 Å². The Bertz CT molecular complexity index is 771. The van der Waals surface area contributed by atoms with Gasteiger partial charge in [0.2, 0.25) is 5.43 Å². The number of aryl methyl sites for hydroxylation is 1. The molecule has 0 atom stereocenters. The molecule has 1 aromatic heterocycles. The van der Waals surface area contributed by atoms with Crippen molar-refractivity contribution in [3.8, 4) is 5.69 Å². The number of aromatic nitrogens is 2. The van der Waals surface area contributed by atoms with Crippen LogP contribution < -0.4 is 10.7 Å². The number of amides is 1. The highest BCUT2D eigenvalue weighted by Gasteiger charge is 2.16.